The van der Waals surface area contributed by atoms with E-state index in [1.54, 1.807) is 0 Å². The lowest BCUT2D eigenvalue weighted by Crippen LogP contribution is -2.18. The third-order valence-corrected chi connectivity index (χ3v) is 13.8. The second-order valence-corrected chi connectivity index (χ2v) is 15.3. The van der Waals surface area contributed by atoms with E-state index in [1.165, 1.54) is 26.3 Å². The minimum absolute atomic E-state index is 0.142. The van der Waals surface area contributed by atoms with Gasteiger partial charge in [0.15, 0.2) is 0 Å². The molecule has 0 N–H and O–H groups in total. The van der Waals surface area contributed by atoms with Crippen molar-refractivity contribution in [2.45, 2.75) is 22.0 Å². The summed E-state index contributed by atoms with van der Waals surface area (Å²) in [4.78, 5) is 8.23. The summed E-state index contributed by atoms with van der Waals surface area (Å²) in [6.07, 6.45) is 0. The van der Waals surface area contributed by atoms with Crippen LogP contribution in [0, 0.1) is 0 Å². The van der Waals surface area contributed by atoms with Crippen LogP contribution in [-0.2, 0) is 0 Å². The van der Waals surface area contributed by atoms with Gasteiger partial charge in [0.25, 0.3) is 0 Å². The van der Waals surface area contributed by atoms with Crippen molar-refractivity contribution in [3.8, 4) is 5.69 Å². The van der Waals surface area contributed by atoms with Crippen molar-refractivity contribution in [2.24, 2.45) is 0 Å². The Balaban J connectivity index is 1.51. The van der Waals surface area contributed by atoms with Crippen molar-refractivity contribution in [1.29, 1.82) is 0 Å². The first-order valence-electron chi connectivity index (χ1n) is 16.1. The lowest BCUT2D eigenvalue weighted by molar-refractivity contribution is 1.02. The van der Waals surface area contributed by atoms with Gasteiger partial charge in [-0.25, -0.2) is 4.98 Å². The van der Waals surface area contributed by atoms with Crippen LogP contribution in [0.25, 0.3) is 49.6 Å². The number of hydrogen-bond donors (Lipinski definition) is 0. The molecule has 226 valence electrons. The molecule has 4 heteroatoms. The minimum Gasteiger partial charge on any atom is -0.308 e. The van der Waals surface area contributed by atoms with Crippen LogP contribution in [0.5, 0.6) is 0 Å². The molecule has 0 saturated carbocycles. The molecule has 0 amide bonds. The molecule has 1 atom stereocenters. The number of rotatable bonds is 6. The first-order chi connectivity index (χ1) is 23.3. The SMILES string of the molecule is C[C@H](c1ccccc1)S(c1ccccc1)(c1ccccc1)n1c2ccccc2c2nc3c4ccccc4n(-c4ccccc4)c3cc21. The molecule has 9 aromatic rings. The van der Waals surface area contributed by atoms with Gasteiger partial charge in [-0.05, 0) is 67.1 Å². The van der Waals surface area contributed by atoms with Gasteiger partial charge in [-0.3, -0.25) is 3.97 Å². The highest BCUT2D eigenvalue weighted by atomic mass is 32.3. The van der Waals surface area contributed by atoms with Gasteiger partial charge in [-0.1, -0.05) is 132 Å². The fourth-order valence-electron chi connectivity index (χ4n) is 7.45. The maximum atomic E-state index is 5.61. The Morgan fingerprint density at radius 2 is 0.936 bits per heavy atom. The van der Waals surface area contributed by atoms with E-state index in [2.05, 4.69) is 191 Å². The number of hydrogen-bond acceptors (Lipinski definition) is 1. The van der Waals surface area contributed by atoms with Crippen LogP contribution in [-0.4, -0.2) is 13.5 Å². The van der Waals surface area contributed by atoms with E-state index >= 15 is 0 Å². The second-order valence-electron chi connectivity index (χ2n) is 12.0. The van der Waals surface area contributed by atoms with Crippen LogP contribution in [0.1, 0.15) is 17.7 Å². The van der Waals surface area contributed by atoms with E-state index in [-0.39, 0.29) is 5.25 Å². The molecular formula is C43H33N3S. The topological polar surface area (TPSA) is 22.8 Å². The normalized spacial score (nSPS) is 13.0. The Kier molecular flexibility index (Phi) is 6.51. The van der Waals surface area contributed by atoms with Crippen molar-refractivity contribution in [1.82, 2.24) is 13.5 Å². The third kappa shape index (κ3) is 4.11. The van der Waals surface area contributed by atoms with Gasteiger partial charge in [0.2, 0.25) is 0 Å². The first kappa shape index (κ1) is 27.7. The summed E-state index contributed by atoms with van der Waals surface area (Å²) in [6.45, 7) is 2.41. The highest BCUT2D eigenvalue weighted by molar-refractivity contribution is 8.33. The molecule has 3 nitrogen and oxygen atoms in total. The molecule has 0 radical (unpaired) electrons. The smallest absolute Gasteiger partial charge is 0.0978 e. The summed E-state index contributed by atoms with van der Waals surface area (Å²) >= 11 is 0. The molecule has 47 heavy (non-hydrogen) atoms. The van der Waals surface area contributed by atoms with E-state index in [1.807, 2.05) is 0 Å². The lowest BCUT2D eigenvalue weighted by Gasteiger charge is -2.48. The third-order valence-electron chi connectivity index (χ3n) is 9.51. The van der Waals surface area contributed by atoms with Crippen molar-refractivity contribution in [3.05, 3.63) is 181 Å². The molecule has 0 saturated heterocycles. The number of nitrogens with zero attached hydrogens (tertiary/aromatic N) is 3. The van der Waals surface area contributed by atoms with Crippen LogP contribution in [0.15, 0.2) is 186 Å². The summed E-state index contributed by atoms with van der Waals surface area (Å²) < 4.78 is 5.06. The van der Waals surface area contributed by atoms with Gasteiger partial charge < -0.3 is 4.57 Å². The first-order valence-corrected chi connectivity index (χ1v) is 17.8. The fourth-order valence-corrected chi connectivity index (χ4v) is 11.9. The maximum Gasteiger partial charge on any atom is 0.0978 e. The van der Waals surface area contributed by atoms with E-state index in [0.717, 1.165) is 38.7 Å². The Morgan fingerprint density at radius 1 is 0.468 bits per heavy atom. The van der Waals surface area contributed by atoms with E-state index in [9.17, 15) is 0 Å². The maximum absolute atomic E-state index is 5.61. The number of aromatic nitrogens is 3. The zero-order valence-electron chi connectivity index (χ0n) is 26.1. The van der Waals surface area contributed by atoms with Crippen molar-refractivity contribution < 1.29 is 0 Å². The molecule has 0 aliphatic rings. The van der Waals surface area contributed by atoms with Gasteiger partial charge in [0, 0.05) is 31.5 Å². The zero-order chi connectivity index (χ0) is 31.4. The zero-order valence-corrected chi connectivity index (χ0v) is 26.9. The van der Waals surface area contributed by atoms with Crippen LogP contribution in [0.2, 0.25) is 0 Å². The quantitative estimate of drug-likeness (QED) is 0.181. The molecule has 0 aliphatic heterocycles. The van der Waals surface area contributed by atoms with Gasteiger partial charge in [-0.2, -0.15) is 0 Å². The summed E-state index contributed by atoms with van der Waals surface area (Å²) in [5.74, 6) is 0. The molecule has 0 aliphatic carbocycles. The minimum atomic E-state index is -1.98. The highest BCUT2D eigenvalue weighted by Gasteiger charge is 2.40. The molecule has 9 rings (SSSR count). The Morgan fingerprint density at radius 3 is 1.55 bits per heavy atom. The molecule has 3 aromatic heterocycles. The van der Waals surface area contributed by atoms with Crippen LogP contribution in [0.4, 0.5) is 0 Å². The standard InChI is InChI=1S/C43H33N3S/c1-31(32-18-6-2-7-19-32)47(34-22-10-4-11-23-34,35-24-12-5-13-25-35)46-39-29-17-15-27-37(39)43-41(46)30-40-42(44-43)36-26-14-16-28-38(36)45(40)33-20-8-3-9-21-33/h2-31H,1H3/t31-/m1/s1. The fraction of sp³-hybridized carbons (Fsp3) is 0.0465. The number of fused-ring (bicyclic) bond motifs is 6. The van der Waals surface area contributed by atoms with E-state index in [0.29, 0.717) is 0 Å². The Hall–Kier alpha value is -5.58. The van der Waals surface area contributed by atoms with E-state index in [4.69, 9.17) is 4.98 Å². The van der Waals surface area contributed by atoms with E-state index < -0.39 is 10.2 Å². The molecule has 6 aromatic carbocycles. The largest absolute Gasteiger partial charge is 0.308 e. The summed E-state index contributed by atoms with van der Waals surface area (Å²) in [7, 11) is -1.98. The molecule has 0 unspecified atom stereocenters. The average molecular weight is 624 g/mol. The Labute approximate surface area is 275 Å². The van der Waals surface area contributed by atoms with Gasteiger partial charge in [0.1, 0.15) is 0 Å². The van der Waals surface area contributed by atoms with Crippen molar-refractivity contribution >= 4 is 54.1 Å². The van der Waals surface area contributed by atoms with Crippen LogP contribution in [0.3, 0.4) is 0 Å². The molecule has 0 spiro atoms. The number of benzene rings is 6. The summed E-state index contributed by atoms with van der Waals surface area (Å²) in [6, 6.07) is 63.9. The Bertz CT molecular complexity index is 2480. The number of pyridine rings is 1. The summed E-state index contributed by atoms with van der Waals surface area (Å²) in [5, 5.41) is 2.47. The predicted molar refractivity (Wildman–Crippen MR) is 199 cm³/mol. The molecule has 3 heterocycles. The van der Waals surface area contributed by atoms with Crippen LogP contribution < -0.4 is 0 Å². The molecule has 0 bridgehead atoms. The van der Waals surface area contributed by atoms with Gasteiger partial charge in [-0.15, -0.1) is 0 Å². The van der Waals surface area contributed by atoms with Crippen molar-refractivity contribution in [3.63, 3.8) is 0 Å². The average Bonchev–Trinajstić information content (AvgIpc) is 3.65. The number of para-hydroxylation sites is 3. The molecule has 0 fully saturated rings. The summed E-state index contributed by atoms with van der Waals surface area (Å²) in [5.41, 5.74) is 9.11. The molecular weight excluding hydrogens is 591 g/mol. The van der Waals surface area contributed by atoms with Gasteiger partial charge in [0.05, 0.1) is 33.1 Å². The highest BCUT2D eigenvalue weighted by Crippen LogP contribution is 2.73. The predicted octanol–water partition coefficient (Wildman–Crippen LogP) is 11.7. The van der Waals surface area contributed by atoms with Crippen molar-refractivity contribution in [2.75, 3.05) is 0 Å². The van der Waals surface area contributed by atoms with Crippen LogP contribution >= 0.6 is 10.2 Å². The van der Waals surface area contributed by atoms with Gasteiger partial charge >= 0.3 is 0 Å². The monoisotopic (exact) mass is 623 g/mol. The lowest BCUT2D eigenvalue weighted by atomic mass is 10.2. The second kappa shape index (κ2) is 11.0.